The van der Waals surface area contributed by atoms with E-state index in [1.807, 2.05) is 11.5 Å². The highest BCUT2D eigenvalue weighted by Gasteiger charge is 2.18. The van der Waals surface area contributed by atoms with E-state index in [9.17, 15) is 20.3 Å². The molecule has 0 saturated carbocycles. The number of allylic oxidation sites excluding steroid dienone is 4. The molecule has 9 heteroatoms. The molecule has 4 rings (SSSR count). The van der Waals surface area contributed by atoms with Crippen molar-refractivity contribution in [2.45, 2.75) is 0 Å². The molecule has 156 valence electrons. The summed E-state index contributed by atoms with van der Waals surface area (Å²) in [5, 5.41) is 40.2. The topological polar surface area (TPSA) is 98.5 Å². The van der Waals surface area contributed by atoms with Gasteiger partial charge < -0.3 is 20.8 Å². The smallest absolute Gasteiger partial charge is 0.336 e. The van der Waals surface area contributed by atoms with Crippen molar-refractivity contribution >= 4 is 62.9 Å². The SMILES string of the molecule is O=C(O)c1cc(=C2NC(c3ccc(Cl)c(Cl)c3)=CS2)ccc1=C1C=CC=CC1=[N+]([O-])[O-]. The van der Waals surface area contributed by atoms with Crippen LogP contribution in [0.2, 0.25) is 10.0 Å². The first-order valence-corrected chi connectivity index (χ1v) is 10.6. The minimum absolute atomic E-state index is 0.0234. The van der Waals surface area contributed by atoms with Gasteiger partial charge in [-0.2, -0.15) is 4.90 Å². The summed E-state index contributed by atoms with van der Waals surface area (Å²) in [4.78, 5) is 11.4. The first-order chi connectivity index (χ1) is 14.8. The van der Waals surface area contributed by atoms with E-state index in [1.165, 1.54) is 23.9 Å². The van der Waals surface area contributed by atoms with Crippen LogP contribution < -0.4 is 15.8 Å². The van der Waals surface area contributed by atoms with Crippen molar-refractivity contribution in [2.24, 2.45) is 0 Å². The molecule has 0 radical (unpaired) electrons. The van der Waals surface area contributed by atoms with E-state index in [2.05, 4.69) is 5.32 Å². The van der Waals surface area contributed by atoms with Crippen LogP contribution >= 0.6 is 35.0 Å². The predicted molar refractivity (Wildman–Crippen MR) is 125 cm³/mol. The van der Waals surface area contributed by atoms with Crippen molar-refractivity contribution in [3.05, 3.63) is 108 Å². The number of rotatable bonds is 2. The van der Waals surface area contributed by atoms with E-state index in [1.54, 1.807) is 42.5 Å². The van der Waals surface area contributed by atoms with Gasteiger partial charge in [-0.05, 0) is 24.3 Å². The van der Waals surface area contributed by atoms with Gasteiger partial charge in [0.1, 0.15) is 0 Å². The number of halogens is 2. The number of carboxylic acids is 1. The van der Waals surface area contributed by atoms with Crippen LogP contribution in [0, 0.1) is 10.4 Å². The Hall–Kier alpha value is -3.13. The molecule has 2 aliphatic rings. The lowest BCUT2D eigenvalue weighted by atomic mass is 9.99. The second kappa shape index (κ2) is 8.55. The second-order valence-electron chi connectivity index (χ2n) is 6.57. The summed E-state index contributed by atoms with van der Waals surface area (Å²) in [6.45, 7) is 0. The van der Waals surface area contributed by atoms with Crippen molar-refractivity contribution in [3.8, 4) is 0 Å². The average Bonchev–Trinajstić information content (AvgIpc) is 3.25. The van der Waals surface area contributed by atoms with E-state index < -0.39 is 10.9 Å². The summed E-state index contributed by atoms with van der Waals surface area (Å²) < 4.78 is 0. The van der Waals surface area contributed by atoms with Gasteiger partial charge in [-0.15, -0.1) is 0 Å². The lowest BCUT2D eigenvalue weighted by molar-refractivity contribution is -0.376. The lowest BCUT2D eigenvalue weighted by Crippen LogP contribution is -2.27. The van der Waals surface area contributed by atoms with Crippen LogP contribution in [0.5, 0.6) is 0 Å². The molecule has 0 atom stereocenters. The zero-order valence-electron chi connectivity index (χ0n) is 15.6. The second-order valence-corrected chi connectivity index (χ2v) is 8.27. The molecule has 0 unspecified atom stereocenters. The highest BCUT2D eigenvalue weighted by Crippen LogP contribution is 2.32. The lowest BCUT2D eigenvalue weighted by Gasteiger charge is -2.12. The molecule has 2 aromatic rings. The van der Waals surface area contributed by atoms with Gasteiger partial charge in [0, 0.05) is 27.5 Å². The molecule has 2 aromatic carbocycles. The Bertz CT molecular complexity index is 1360. The molecule has 1 aliphatic heterocycles. The van der Waals surface area contributed by atoms with Crippen LogP contribution in [0.3, 0.4) is 0 Å². The van der Waals surface area contributed by atoms with Crippen LogP contribution in [0.15, 0.2) is 66.1 Å². The molecule has 2 N–H and O–H groups in total. The van der Waals surface area contributed by atoms with Gasteiger partial charge >= 0.3 is 5.97 Å². The quantitative estimate of drug-likeness (QED) is 0.510. The molecule has 0 saturated heterocycles. The van der Waals surface area contributed by atoms with Crippen LogP contribution in [0.25, 0.3) is 16.3 Å². The van der Waals surface area contributed by atoms with Crippen molar-refractivity contribution < 1.29 is 14.8 Å². The van der Waals surface area contributed by atoms with Crippen molar-refractivity contribution in [1.82, 2.24) is 5.32 Å². The number of nitrogens with zero attached hydrogens (tertiary/aromatic N) is 1. The Morgan fingerprint density at radius 2 is 1.81 bits per heavy atom. The third-order valence-electron chi connectivity index (χ3n) is 4.68. The van der Waals surface area contributed by atoms with Gasteiger partial charge in [-0.3, -0.25) is 0 Å². The Morgan fingerprint density at radius 3 is 2.52 bits per heavy atom. The number of carboxylic acid groups (broad SMARTS) is 1. The van der Waals surface area contributed by atoms with Gasteiger partial charge in [-0.25, -0.2) is 4.79 Å². The summed E-state index contributed by atoms with van der Waals surface area (Å²) in [6.07, 6.45) is 6.07. The fourth-order valence-electron chi connectivity index (χ4n) is 3.20. The Labute approximate surface area is 191 Å². The van der Waals surface area contributed by atoms with E-state index in [-0.39, 0.29) is 22.1 Å². The molecule has 31 heavy (non-hydrogen) atoms. The van der Waals surface area contributed by atoms with Crippen molar-refractivity contribution in [3.63, 3.8) is 0 Å². The zero-order chi connectivity index (χ0) is 22.1. The predicted octanol–water partition coefficient (Wildman–Crippen LogP) is 3.82. The van der Waals surface area contributed by atoms with Crippen molar-refractivity contribution in [2.75, 3.05) is 0 Å². The Morgan fingerprint density at radius 1 is 1.03 bits per heavy atom. The third-order valence-corrected chi connectivity index (χ3v) is 6.34. The van der Waals surface area contributed by atoms with Crippen molar-refractivity contribution in [1.29, 1.82) is 0 Å². The average molecular weight is 472 g/mol. The number of hydrogen-bond acceptors (Lipinski definition) is 5. The summed E-state index contributed by atoms with van der Waals surface area (Å²) in [7, 11) is 0. The summed E-state index contributed by atoms with van der Waals surface area (Å²) >= 11 is 13.5. The first kappa shape index (κ1) is 21.1. The summed E-state index contributed by atoms with van der Waals surface area (Å²) in [5.41, 5.74) is 1.72. The number of benzene rings is 2. The highest BCUT2D eigenvalue weighted by atomic mass is 35.5. The highest BCUT2D eigenvalue weighted by molar-refractivity contribution is 8.11. The number of nitrogens with one attached hydrogen (secondary N) is 1. The summed E-state index contributed by atoms with van der Waals surface area (Å²) in [6, 6.07) is 10.1. The summed E-state index contributed by atoms with van der Waals surface area (Å²) in [5.74, 6) is -1.17. The molecule has 1 heterocycles. The zero-order valence-corrected chi connectivity index (χ0v) is 18.0. The van der Waals surface area contributed by atoms with E-state index >= 15 is 0 Å². The molecule has 0 spiro atoms. The van der Waals surface area contributed by atoms with Gasteiger partial charge in [-0.1, -0.05) is 65.3 Å². The number of thioether (sulfide) groups is 1. The molecule has 6 nitrogen and oxygen atoms in total. The number of aromatic carboxylic acids is 1. The Kier molecular flexibility index (Phi) is 5.82. The third kappa shape index (κ3) is 4.20. The van der Waals surface area contributed by atoms with Crippen LogP contribution in [0.1, 0.15) is 15.9 Å². The maximum atomic E-state index is 12.0. The maximum Gasteiger partial charge on any atom is 0.336 e. The molecule has 1 aliphatic carbocycles. The van der Waals surface area contributed by atoms with E-state index in [0.717, 1.165) is 16.3 Å². The molecule has 0 aromatic heterocycles. The number of carbonyl (C=O) groups is 1. The van der Waals surface area contributed by atoms with Crippen LogP contribution in [-0.4, -0.2) is 21.7 Å². The van der Waals surface area contributed by atoms with E-state index in [4.69, 9.17) is 23.2 Å². The monoisotopic (exact) mass is 471 g/mol. The minimum Gasteiger partial charge on any atom is -0.612 e. The standard InChI is InChI=1S/C22H13Cl2N2O4S/c23-17-8-6-12(10-18(17)24)19-11-31-21(25-19)13-5-7-14(16(9-13)22(27)28)15-3-1-2-4-20(15)26(29)30/h1-11,25H,(H-,27,28,29,30)/q-1. The fourth-order valence-corrected chi connectivity index (χ4v) is 4.36. The van der Waals surface area contributed by atoms with Crippen LogP contribution in [-0.2, 0) is 0 Å². The van der Waals surface area contributed by atoms with E-state index in [0.29, 0.717) is 15.3 Å². The molecule has 0 amide bonds. The first-order valence-electron chi connectivity index (χ1n) is 8.93. The van der Waals surface area contributed by atoms with Crippen LogP contribution in [0.4, 0.5) is 0 Å². The largest absolute Gasteiger partial charge is 0.612 e. The maximum absolute atomic E-state index is 12.0. The van der Waals surface area contributed by atoms with Gasteiger partial charge in [0.25, 0.3) is 0 Å². The minimum atomic E-state index is -1.17. The number of hydrogen-bond donors (Lipinski definition) is 2. The Balaban J connectivity index is 1.80. The normalized spacial score (nSPS) is 18.6. The fraction of sp³-hybridized carbons (Fsp3) is 0. The van der Waals surface area contributed by atoms with Gasteiger partial charge in [0.15, 0.2) is 0 Å². The molecule has 0 bridgehead atoms. The molecular formula is C22H13Cl2N2O4S-. The van der Waals surface area contributed by atoms with Gasteiger partial charge in [0.2, 0.25) is 5.71 Å². The molecule has 0 fully saturated rings. The van der Waals surface area contributed by atoms with Gasteiger partial charge in [0.05, 0.1) is 31.9 Å². The molecular weight excluding hydrogens is 459 g/mol.